The molecule has 0 radical (unpaired) electrons. The minimum absolute atomic E-state index is 0.521. The fourth-order valence-electron chi connectivity index (χ4n) is 1.08. The Morgan fingerprint density at radius 2 is 2.00 bits per heavy atom. The molecule has 86 valence electrons. The molecule has 0 unspecified atom stereocenters. The molecule has 16 heavy (non-hydrogen) atoms. The van der Waals surface area contributed by atoms with Crippen LogP contribution in [0.15, 0.2) is 18.5 Å². The van der Waals surface area contributed by atoms with Crippen molar-refractivity contribution in [2.24, 2.45) is 0 Å². The highest BCUT2D eigenvalue weighted by Crippen LogP contribution is 2.26. The van der Waals surface area contributed by atoms with Gasteiger partial charge in [0.25, 0.3) is 0 Å². The molecule has 0 aliphatic carbocycles. The van der Waals surface area contributed by atoms with Crippen molar-refractivity contribution >= 4 is 5.69 Å². The van der Waals surface area contributed by atoms with E-state index in [1.807, 2.05) is 13.8 Å². The Morgan fingerprint density at radius 1 is 1.38 bits per heavy atom. The number of aromatic nitrogens is 1. The lowest BCUT2D eigenvalue weighted by molar-refractivity contribution is 0.0240. The van der Waals surface area contributed by atoms with Gasteiger partial charge in [0.1, 0.15) is 6.07 Å². The SMILES string of the molecule is CC(C)(O)C(C)(C)Nc1cnccc1C#N. The Bertz CT molecular complexity index is 413. The molecule has 1 heterocycles. The summed E-state index contributed by atoms with van der Waals surface area (Å²) in [5.41, 5.74) is -0.304. The Labute approximate surface area is 95.9 Å². The summed E-state index contributed by atoms with van der Waals surface area (Å²) in [5.74, 6) is 0. The van der Waals surface area contributed by atoms with E-state index in [9.17, 15) is 5.11 Å². The van der Waals surface area contributed by atoms with Gasteiger partial charge < -0.3 is 10.4 Å². The Hall–Kier alpha value is -1.60. The molecule has 0 aliphatic heterocycles. The molecular weight excluding hydrogens is 202 g/mol. The molecule has 1 aromatic heterocycles. The van der Waals surface area contributed by atoms with E-state index in [4.69, 9.17) is 5.26 Å². The molecule has 0 saturated carbocycles. The molecule has 0 atom stereocenters. The second kappa shape index (κ2) is 4.11. The van der Waals surface area contributed by atoms with Crippen LogP contribution in [0.4, 0.5) is 5.69 Å². The highest BCUT2D eigenvalue weighted by atomic mass is 16.3. The maximum Gasteiger partial charge on any atom is 0.101 e. The normalized spacial score (nSPS) is 12.0. The molecule has 0 saturated heterocycles. The third-order valence-electron chi connectivity index (χ3n) is 2.92. The predicted molar refractivity (Wildman–Crippen MR) is 63.0 cm³/mol. The summed E-state index contributed by atoms with van der Waals surface area (Å²) in [6, 6.07) is 3.73. The Kier molecular flexibility index (Phi) is 3.20. The standard InChI is InChI=1S/C12H17N3O/c1-11(2,12(3,4)16)15-10-8-14-6-5-9(10)7-13/h5-6,8,15-16H,1-4H3. The van der Waals surface area contributed by atoms with Gasteiger partial charge in [0, 0.05) is 6.20 Å². The van der Waals surface area contributed by atoms with Gasteiger partial charge in [0.15, 0.2) is 0 Å². The van der Waals surface area contributed by atoms with Gasteiger partial charge in [-0.2, -0.15) is 5.26 Å². The van der Waals surface area contributed by atoms with Crippen LogP contribution in [-0.4, -0.2) is 21.2 Å². The van der Waals surface area contributed by atoms with Gasteiger partial charge >= 0.3 is 0 Å². The number of aliphatic hydroxyl groups is 1. The van der Waals surface area contributed by atoms with E-state index in [0.29, 0.717) is 11.3 Å². The average molecular weight is 219 g/mol. The highest BCUT2D eigenvalue weighted by Gasteiger charge is 2.35. The monoisotopic (exact) mass is 219 g/mol. The van der Waals surface area contributed by atoms with Gasteiger partial charge in [0.2, 0.25) is 0 Å². The number of rotatable bonds is 3. The molecule has 0 aliphatic rings. The quantitative estimate of drug-likeness (QED) is 0.814. The van der Waals surface area contributed by atoms with Crippen LogP contribution in [0.3, 0.4) is 0 Å². The van der Waals surface area contributed by atoms with Crippen molar-refractivity contribution in [1.82, 2.24) is 4.98 Å². The molecule has 4 nitrogen and oxygen atoms in total. The average Bonchev–Trinajstić information content (AvgIpc) is 2.16. The summed E-state index contributed by atoms with van der Waals surface area (Å²) in [6.07, 6.45) is 3.16. The van der Waals surface area contributed by atoms with Crippen molar-refractivity contribution in [3.05, 3.63) is 24.0 Å². The smallest absolute Gasteiger partial charge is 0.101 e. The zero-order chi connectivity index (χ0) is 12.4. The van der Waals surface area contributed by atoms with Gasteiger partial charge in [-0.3, -0.25) is 4.98 Å². The molecular formula is C12H17N3O. The second-order valence-electron chi connectivity index (χ2n) is 4.84. The van der Waals surface area contributed by atoms with Crippen molar-refractivity contribution in [1.29, 1.82) is 5.26 Å². The number of hydrogen-bond acceptors (Lipinski definition) is 4. The van der Waals surface area contributed by atoms with Crippen molar-refractivity contribution < 1.29 is 5.11 Å². The third kappa shape index (κ3) is 2.50. The van der Waals surface area contributed by atoms with E-state index in [1.54, 1.807) is 32.3 Å². The van der Waals surface area contributed by atoms with E-state index in [0.717, 1.165) is 0 Å². The molecule has 2 N–H and O–H groups in total. The lowest BCUT2D eigenvalue weighted by Crippen LogP contribution is -2.51. The molecule has 0 spiro atoms. The topological polar surface area (TPSA) is 68.9 Å². The van der Waals surface area contributed by atoms with Gasteiger partial charge in [-0.05, 0) is 33.8 Å². The molecule has 1 rings (SSSR count). The number of anilines is 1. The third-order valence-corrected chi connectivity index (χ3v) is 2.92. The Balaban J connectivity index is 3.02. The van der Waals surface area contributed by atoms with E-state index < -0.39 is 11.1 Å². The van der Waals surface area contributed by atoms with Crippen molar-refractivity contribution in [3.8, 4) is 6.07 Å². The summed E-state index contributed by atoms with van der Waals surface area (Å²) in [6.45, 7) is 7.20. The maximum atomic E-state index is 10.0. The molecule has 4 heteroatoms. The van der Waals surface area contributed by atoms with Crippen molar-refractivity contribution in [2.45, 2.75) is 38.8 Å². The number of nitriles is 1. The first-order valence-electron chi connectivity index (χ1n) is 5.12. The van der Waals surface area contributed by atoms with Crippen LogP contribution in [0, 0.1) is 11.3 Å². The second-order valence-corrected chi connectivity index (χ2v) is 4.84. The van der Waals surface area contributed by atoms with E-state index in [-0.39, 0.29) is 0 Å². The van der Waals surface area contributed by atoms with Crippen LogP contribution in [0.1, 0.15) is 33.3 Å². The summed E-state index contributed by atoms with van der Waals surface area (Å²) >= 11 is 0. The first kappa shape index (κ1) is 12.5. The largest absolute Gasteiger partial charge is 0.388 e. The van der Waals surface area contributed by atoms with Crippen LogP contribution >= 0.6 is 0 Å². The maximum absolute atomic E-state index is 10.0. The molecule has 0 bridgehead atoms. The minimum atomic E-state index is -0.907. The predicted octanol–water partition coefficient (Wildman–Crippen LogP) is 1.91. The van der Waals surface area contributed by atoms with E-state index >= 15 is 0 Å². The molecule has 0 aromatic carbocycles. The van der Waals surface area contributed by atoms with Crippen LogP contribution in [-0.2, 0) is 0 Å². The number of pyridine rings is 1. The zero-order valence-corrected chi connectivity index (χ0v) is 10.1. The number of hydrogen-bond donors (Lipinski definition) is 2. The Morgan fingerprint density at radius 3 is 2.50 bits per heavy atom. The van der Waals surface area contributed by atoms with Crippen LogP contribution in [0.25, 0.3) is 0 Å². The van der Waals surface area contributed by atoms with Gasteiger partial charge in [0.05, 0.1) is 28.6 Å². The first-order chi connectivity index (χ1) is 7.28. The van der Waals surface area contributed by atoms with E-state index in [2.05, 4.69) is 16.4 Å². The fraction of sp³-hybridized carbons (Fsp3) is 0.500. The van der Waals surface area contributed by atoms with Crippen molar-refractivity contribution in [3.63, 3.8) is 0 Å². The van der Waals surface area contributed by atoms with Gasteiger partial charge in [-0.1, -0.05) is 0 Å². The van der Waals surface area contributed by atoms with Crippen LogP contribution in [0.2, 0.25) is 0 Å². The summed E-state index contributed by atoms with van der Waals surface area (Å²) < 4.78 is 0. The molecule has 0 fully saturated rings. The summed E-state index contributed by atoms with van der Waals surface area (Å²) in [4.78, 5) is 3.96. The van der Waals surface area contributed by atoms with Crippen LogP contribution < -0.4 is 5.32 Å². The highest BCUT2D eigenvalue weighted by molar-refractivity contribution is 5.57. The van der Waals surface area contributed by atoms with Gasteiger partial charge in [-0.15, -0.1) is 0 Å². The number of nitrogens with zero attached hydrogens (tertiary/aromatic N) is 2. The summed E-state index contributed by atoms with van der Waals surface area (Å²) in [7, 11) is 0. The molecule has 0 amide bonds. The lowest BCUT2D eigenvalue weighted by Gasteiger charge is -2.38. The lowest BCUT2D eigenvalue weighted by atomic mass is 9.85. The van der Waals surface area contributed by atoms with Gasteiger partial charge in [-0.25, -0.2) is 0 Å². The zero-order valence-electron chi connectivity index (χ0n) is 10.1. The molecule has 1 aromatic rings. The first-order valence-corrected chi connectivity index (χ1v) is 5.12. The number of nitrogens with one attached hydrogen (secondary N) is 1. The van der Waals surface area contributed by atoms with Crippen LogP contribution in [0.5, 0.6) is 0 Å². The minimum Gasteiger partial charge on any atom is -0.388 e. The van der Waals surface area contributed by atoms with E-state index in [1.165, 1.54) is 0 Å². The fourth-order valence-corrected chi connectivity index (χ4v) is 1.08. The summed E-state index contributed by atoms with van der Waals surface area (Å²) in [5, 5.41) is 22.1. The van der Waals surface area contributed by atoms with Crippen molar-refractivity contribution in [2.75, 3.05) is 5.32 Å².